The number of allylic oxidation sites excluding steroid dienone is 8. The van der Waals surface area contributed by atoms with Crippen molar-refractivity contribution in [3.8, 4) is 5.75 Å². The molecule has 0 saturated carbocycles. The molecule has 0 radical (unpaired) electrons. The molecule has 1 aromatic rings. The molecule has 0 bridgehead atoms. The van der Waals surface area contributed by atoms with Gasteiger partial charge in [0.1, 0.15) is 12.2 Å². The number of nitrogens with one attached hydrogen (secondary N) is 1. The summed E-state index contributed by atoms with van der Waals surface area (Å²) in [4.78, 5) is 13.2. The van der Waals surface area contributed by atoms with E-state index in [1.807, 2.05) is 39.8 Å². The monoisotopic (exact) mass is 467 g/mol. The first-order valence-corrected chi connectivity index (χ1v) is 11.6. The number of amidine groups is 1. The fourth-order valence-electron chi connectivity index (χ4n) is 3.29. The normalized spacial score (nSPS) is 16.4. The lowest BCUT2D eigenvalue weighted by Crippen LogP contribution is -2.11. The minimum absolute atomic E-state index is 0.555. The van der Waals surface area contributed by atoms with E-state index in [9.17, 15) is 0 Å². The second-order valence-corrected chi connectivity index (χ2v) is 7.66. The molecule has 0 fully saturated rings. The van der Waals surface area contributed by atoms with Crippen LogP contribution >= 0.6 is 11.6 Å². The van der Waals surface area contributed by atoms with E-state index in [0.717, 1.165) is 28.1 Å². The summed E-state index contributed by atoms with van der Waals surface area (Å²) in [5.74, 6) is 1.73. The van der Waals surface area contributed by atoms with E-state index in [0.29, 0.717) is 41.8 Å². The van der Waals surface area contributed by atoms with Crippen molar-refractivity contribution in [3.05, 3.63) is 81.5 Å². The van der Waals surface area contributed by atoms with E-state index >= 15 is 0 Å². The quantitative estimate of drug-likeness (QED) is 0.479. The van der Waals surface area contributed by atoms with Gasteiger partial charge >= 0.3 is 0 Å². The molecule has 0 amide bonds. The summed E-state index contributed by atoms with van der Waals surface area (Å²) >= 11 is 6.54. The minimum atomic E-state index is 0.555. The lowest BCUT2D eigenvalue weighted by molar-refractivity contribution is 0.408. The molecule has 2 heterocycles. The molecule has 3 rings (SSSR count). The lowest BCUT2D eigenvalue weighted by atomic mass is 10.1. The highest BCUT2D eigenvalue weighted by atomic mass is 35.5. The maximum absolute atomic E-state index is 6.54. The maximum Gasteiger partial charge on any atom is 0.183 e. The molecule has 6 nitrogen and oxygen atoms in total. The summed E-state index contributed by atoms with van der Waals surface area (Å²) in [6.45, 7) is 10.7. The predicted molar refractivity (Wildman–Crippen MR) is 140 cm³/mol. The number of nitrogens with two attached hydrogens (primary N) is 1. The summed E-state index contributed by atoms with van der Waals surface area (Å²) in [6.07, 6.45) is 15.0. The number of halogens is 1. The first-order valence-electron chi connectivity index (χ1n) is 11.2. The molecule has 0 saturated heterocycles. The first-order chi connectivity index (χ1) is 16.0. The van der Waals surface area contributed by atoms with E-state index < -0.39 is 0 Å². The smallest absolute Gasteiger partial charge is 0.183 e. The van der Waals surface area contributed by atoms with Gasteiger partial charge in [-0.25, -0.2) is 9.97 Å². The molecule has 0 unspecified atom stereocenters. The van der Waals surface area contributed by atoms with Crippen LogP contribution in [0.2, 0.25) is 0 Å². The third-order valence-electron chi connectivity index (χ3n) is 5.27. The third-order valence-corrected chi connectivity index (χ3v) is 5.63. The maximum atomic E-state index is 6.54. The highest BCUT2D eigenvalue weighted by molar-refractivity contribution is 6.32. The molecular weight excluding hydrogens is 434 g/mol. The highest BCUT2D eigenvalue weighted by Crippen LogP contribution is 2.33. The molecule has 1 aliphatic heterocycles. The van der Waals surface area contributed by atoms with Crippen molar-refractivity contribution in [3.63, 3.8) is 0 Å². The van der Waals surface area contributed by atoms with Gasteiger partial charge in [0.15, 0.2) is 11.6 Å². The molecule has 2 aliphatic rings. The zero-order valence-electron chi connectivity index (χ0n) is 20.4. The third kappa shape index (κ3) is 6.68. The largest absolute Gasteiger partial charge is 0.491 e. The van der Waals surface area contributed by atoms with Crippen molar-refractivity contribution in [1.82, 2.24) is 9.97 Å². The average molecular weight is 468 g/mol. The number of nitrogens with zero attached hydrogens (tertiary/aromatic N) is 3. The van der Waals surface area contributed by atoms with Crippen molar-refractivity contribution < 1.29 is 4.74 Å². The summed E-state index contributed by atoms with van der Waals surface area (Å²) in [7, 11) is 1.62. The van der Waals surface area contributed by atoms with Crippen molar-refractivity contribution in [2.75, 3.05) is 19.0 Å². The van der Waals surface area contributed by atoms with Gasteiger partial charge in [0.25, 0.3) is 0 Å². The van der Waals surface area contributed by atoms with Crippen LogP contribution < -0.4 is 15.8 Å². The topological polar surface area (TPSA) is 85.4 Å². The summed E-state index contributed by atoms with van der Waals surface area (Å²) in [5, 5.41) is 3.92. The lowest BCUT2D eigenvalue weighted by Gasteiger charge is -2.15. The number of anilines is 1. The van der Waals surface area contributed by atoms with Crippen LogP contribution in [-0.2, 0) is 6.42 Å². The van der Waals surface area contributed by atoms with E-state index in [-0.39, 0.29) is 0 Å². The van der Waals surface area contributed by atoms with Gasteiger partial charge in [-0.05, 0) is 44.4 Å². The Morgan fingerprint density at radius 3 is 2.64 bits per heavy atom. The molecule has 1 aliphatic carbocycles. The van der Waals surface area contributed by atoms with E-state index in [1.54, 1.807) is 7.11 Å². The van der Waals surface area contributed by atoms with Gasteiger partial charge in [0.05, 0.1) is 30.1 Å². The molecule has 0 spiro atoms. The van der Waals surface area contributed by atoms with Crippen molar-refractivity contribution in [2.45, 2.75) is 47.5 Å². The molecular formula is C26H34ClN5O. The van der Waals surface area contributed by atoms with Crippen LogP contribution in [0.4, 0.5) is 5.82 Å². The molecule has 33 heavy (non-hydrogen) atoms. The first kappa shape index (κ1) is 26.1. The molecule has 7 heteroatoms. The molecule has 0 atom stereocenters. The van der Waals surface area contributed by atoms with Gasteiger partial charge < -0.3 is 15.8 Å². The van der Waals surface area contributed by atoms with Crippen LogP contribution in [0, 0.1) is 0 Å². The molecule has 1 aromatic heterocycles. The average Bonchev–Trinajstić information content (AvgIpc) is 3.10. The van der Waals surface area contributed by atoms with Crippen LogP contribution in [0.25, 0.3) is 0 Å². The van der Waals surface area contributed by atoms with Gasteiger partial charge in [0, 0.05) is 12.0 Å². The standard InChI is InChI=1S/C24H28ClN5O.C2H6/c1-5-15(3)7-8-16(6-2)11-21-22(31-4)24(29-14-28-21)30-20-12-17-13-27-23(26)18(17)9-10-19(20)25;1-2/h5-8,10,12,14H,9,11,13H2,1-4H3,(H2,26,27)(H,28,29,30);1-2H3/b8-7-,15-5-,16-6+;. The van der Waals surface area contributed by atoms with E-state index in [2.05, 4.69) is 51.5 Å². The second-order valence-electron chi connectivity index (χ2n) is 7.25. The van der Waals surface area contributed by atoms with Crippen LogP contribution in [-0.4, -0.2) is 29.5 Å². The Balaban J connectivity index is 0.00000187. The summed E-state index contributed by atoms with van der Waals surface area (Å²) in [5.41, 5.74) is 11.9. The zero-order chi connectivity index (χ0) is 24.4. The Morgan fingerprint density at radius 1 is 1.21 bits per heavy atom. The Kier molecular flexibility index (Phi) is 10.1. The van der Waals surface area contributed by atoms with Crippen LogP contribution in [0.5, 0.6) is 5.75 Å². The van der Waals surface area contributed by atoms with Gasteiger partial charge in [-0.15, -0.1) is 0 Å². The zero-order valence-corrected chi connectivity index (χ0v) is 21.1. The summed E-state index contributed by atoms with van der Waals surface area (Å²) in [6, 6.07) is 0. The molecule has 176 valence electrons. The number of ether oxygens (including phenoxy) is 1. The number of hydrogen-bond donors (Lipinski definition) is 2. The fraction of sp³-hybridized carbons (Fsp3) is 0.346. The minimum Gasteiger partial charge on any atom is -0.491 e. The molecule has 0 aromatic carbocycles. The predicted octanol–water partition coefficient (Wildman–Crippen LogP) is 6.01. The van der Waals surface area contributed by atoms with Crippen LogP contribution in [0.15, 0.2) is 80.8 Å². The Labute approximate surface area is 202 Å². The molecule has 3 N–H and O–H groups in total. The summed E-state index contributed by atoms with van der Waals surface area (Å²) < 4.78 is 5.69. The van der Waals surface area contributed by atoms with Gasteiger partial charge in [-0.2, -0.15) is 0 Å². The van der Waals surface area contributed by atoms with E-state index in [1.165, 1.54) is 11.9 Å². The Bertz CT molecular complexity index is 1070. The number of hydrogen-bond acceptors (Lipinski definition) is 6. The second kappa shape index (κ2) is 12.8. The SMILES string of the molecule is CC.C\C=C(C)/C=C\C(=C/C)Cc1ncnc(NC2=CC3=C(CC=C2Cl)C(N)=NC3)c1OC. The van der Waals surface area contributed by atoms with E-state index in [4.69, 9.17) is 22.1 Å². The Hall–Kier alpha value is -3.12. The van der Waals surface area contributed by atoms with Crippen LogP contribution in [0.3, 0.4) is 0 Å². The van der Waals surface area contributed by atoms with Gasteiger partial charge in [-0.3, -0.25) is 4.99 Å². The Morgan fingerprint density at radius 2 is 1.97 bits per heavy atom. The van der Waals surface area contributed by atoms with Crippen molar-refractivity contribution in [2.24, 2.45) is 10.7 Å². The van der Waals surface area contributed by atoms with Crippen molar-refractivity contribution >= 4 is 23.3 Å². The number of aromatic nitrogens is 2. The fourth-order valence-corrected chi connectivity index (χ4v) is 3.47. The number of methoxy groups -OCH3 is 1. The van der Waals surface area contributed by atoms with Crippen LogP contribution in [0.1, 0.15) is 46.7 Å². The highest BCUT2D eigenvalue weighted by Gasteiger charge is 2.21. The number of aliphatic imine (C=N–C) groups is 1. The number of rotatable bonds is 7. The van der Waals surface area contributed by atoms with Gasteiger partial charge in [-0.1, -0.05) is 61.4 Å². The van der Waals surface area contributed by atoms with Crippen molar-refractivity contribution in [1.29, 1.82) is 0 Å². The van der Waals surface area contributed by atoms with Gasteiger partial charge in [0.2, 0.25) is 0 Å².